The molecule has 71 heavy (non-hydrogen) atoms. The first kappa shape index (κ1) is 68.7. The van der Waals surface area contributed by atoms with Crippen molar-refractivity contribution in [2.24, 2.45) is 0 Å². The molecule has 0 aliphatic heterocycles. The van der Waals surface area contributed by atoms with Gasteiger partial charge in [0.25, 0.3) is 0 Å². The second-order valence-electron chi connectivity index (χ2n) is 18.1. The average molecular weight is 961 g/mol. The van der Waals surface area contributed by atoms with Crippen molar-refractivity contribution >= 4 is 23.1 Å². The van der Waals surface area contributed by atoms with Gasteiger partial charge in [0.05, 0.1) is 0 Å². The van der Waals surface area contributed by atoms with E-state index in [-0.39, 0.29) is 29.6 Å². The molecule has 0 spiro atoms. The van der Waals surface area contributed by atoms with Crippen LogP contribution in [-0.4, -0.2) is 23.1 Å². The first-order chi connectivity index (χ1) is 33.2. The van der Waals surface area contributed by atoms with Crippen LogP contribution in [0.4, 0.5) is 0 Å². The molecule has 0 aromatic heterocycles. The Bertz CT molecular complexity index is 2130. The smallest absolute Gasteiger partial charge is 0.155 e. The normalized spacial score (nSPS) is 9.34. The highest BCUT2D eigenvalue weighted by atomic mass is 16.1. The van der Waals surface area contributed by atoms with Crippen LogP contribution in [0.5, 0.6) is 0 Å². The largest absolute Gasteiger partial charge is 0.300 e. The molecule has 0 bridgehead atoms. The second-order valence-corrected chi connectivity index (χ2v) is 18.1. The molecule has 0 unspecified atom stereocenters. The minimum Gasteiger partial charge on any atom is -0.300 e. The SMILES string of the molecule is C/C=C(/CC(C)=O)C(C)=O.CC(=O)C(C)=C(C)C.CCC(C)=O.Cc1ccc(C)cc1.Cc1ccc(C)cc1.Cc1ccccc1C.Cc1ccccc1C.Cc1ccccc1C.Cc1ccccc1C. The monoisotopic (exact) mass is 961 g/mol. The molecule has 0 radical (unpaired) electrons. The van der Waals surface area contributed by atoms with E-state index in [1.807, 2.05) is 27.7 Å². The van der Waals surface area contributed by atoms with Crippen LogP contribution in [0.2, 0.25) is 0 Å². The standard InChI is InChI=1S/C8H12O2.6C8H10.C7H12O.C4H8O/c1-4-8(7(3)10)5-6(2)9;2*1-7-3-5-8(2)6-4-7;4*1-7-5-3-4-6-8(7)2;1-5(2)6(3)7(4)8;1-3-4(2)5/h4H,5H2,1-3H3;6*3-6H,1-2H3;1-4H3;3H2,1-2H3/b8-4-;;;;;;;;. The number of carbonyl (C=O) groups excluding carboxylic acids is 4. The van der Waals surface area contributed by atoms with E-state index in [9.17, 15) is 19.2 Å². The highest BCUT2D eigenvalue weighted by molar-refractivity contribution is 5.98. The molecule has 0 aliphatic rings. The third-order valence-corrected chi connectivity index (χ3v) is 11.2. The van der Waals surface area contributed by atoms with Crippen molar-refractivity contribution < 1.29 is 19.2 Å². The Hall–Kier alpha value is -6.52. The van der Waals surface area contributed by atoms with Crippen molar-refractivity contribution in [3.63, 3.8) is 0 Å². The zero-order valence-corrected chi connectivity index (χ0v) is 48.0. The molecule has 0 N–H and O–H groups in total. The lowest BCUT2D eigenvalue weighted by Gasteiger charge is -1.96. The molecule has 0 atom stereocenters. The molecule has 4 nitrogen and oxygen atoms in total. The second kappa shape index (κ2) is 41.3. The lowest BCUT2D eigenvalue weighted by molar-refractivity contribution is -0.119. The van der Waals surface area contributed by atoms with Gasteiger partial charge in [-0.3, -0.25) is 14.4 Å². The summed E-state index contributed by atoms with van der Waals surface area (Å²) in [6.45, 7) is 40.8. The van der Waals surface area contributed by atoms with E-state index >= 15 is 0 Å². The Labute approximate surface area is 433 Å². The van der Waals surface area contributed by atoms with E-state index in [0.29, 0.717) is 12.0 Å². The first-order valence-electron chi connectivity index (χ1n) is 24.7. The zero-order valence-electron chi connectivity index (χ0n) is 48.0. The molecular formula is C67H92O4. The summed E-state index contributed by atoms with van der Waals surface area (Å²) in [5.41, 5.74) is 18.9. The zero-order chi connectivity index (χ0) is 55.1. The van der Waals surface area contributed by atoms with E-state index < -0.39 is 0 Å². The Morgan fingerprint density at radius 2 is 0.535 bits per heavy atom. The Morgan fingerprint density at radius 3 is 0.606 bits per heavy atom. The Morgan fingerprint density at radius 1 is 0.338 bits per heavy atom. The highest BCUT2D eigenvalue weighted by Gasteiger charge is 2.04. The van der Waals surface area contributed by atoms with Crippen LogP contribution in [-0.2, 0) is 19.2 Å². The third-order valence-electron chi connectivity index (χ3n) is 11.2. The molecule has 0 amide bonds. The van der Waals surface area contributed by atoms with Crippen molar-refractivity contribution in [3.8, 4) is 0 Å². The van der Waals surface area contributed by atoms with Crippen LogP contribution in [0.1, 0.15) is 142 Å². The van der Waals surface area contributed by atoms with Crippen molar-refractivity contribution in [2.75, 3.05) is 0 Å². The lowest BCUT2D eigenvalue weighted by Crippen LogP contribution is -2.01. The minimum absolute atomic E-state index is 0.0160. The van der Waals surface area contributed by atoms with Crippen molar-refractivity contribution in [3.05, 3.63) is 235 Å². The number of ketones is 4. The molecule has 0 heterocycles. The fraction of sp³-hybridized carbons (Fsp3) is 0.343. The molecule has 4 heteroatoms. The quantitative estimate of drug-likeness (QED) is 0.161. The summed E-state index contributed by atoms with van der Waals surface area (Å²) in [4.78, 5) is 41.6. The van der Waals surface area contributed by atoms with Gasteiger partial charge in [0.2, 0.25) is 0 Å². The number of hydrogen-bond acceptors (Lipinski definition) is 4. The fourth-order valence-electron chi connectivity index (χ4n) is 4.97. The summed E-state index contributed by atoms with van der Waals surface area (Å²) in [7, 11) is 0. The summed E-state index contributed by atoms with van der Waals surface area (Å²) in [6.07, 6.45) is 2.62. The minimum atomic E-state index is -0.0160. The summed E-state index contributed by atoms with van der Waals surface area (Å²) < 4.78 is 0. The molecule has 6 rings (SSSR count). The predicted octanol–water partition coefficient (Wildman–Crippen LogP) is 18.2. The maximum atomic E-state index is 10.7. The number of carbonyl (C=O) groups is 4. The number of Topliss-reactive ketones (excluding diaryl/α,β-unsaturated/α-hetero) is 4. The first-order valence-corrected chi connectivity index (χ1v) is 24.7. The van der Waals surface area contributed by atoms with Crippen LogP contribution in [0.15, 0.2) is 168 Å². The number of benzene rings is 6. The van der Waals surface area contributed by atoms with E-state index in [1.165, 1.54) is 80.6 Å². The van der Waals surface area contributed by atoms with Crippen molar-refractivity contribution in [2.45, 2.75) is 158 Å². The Balaban J connectivity index is -0.000000735. The summed E-state index contributed by atoms with van der Waals surface area (Å²) >= 11 is 0. The predicted molar refractivity (Wildman–Crippen MR) is 311 cm³/mol. The average Bonchev–Trinajstić information content (AvgIpc) is 3.32. The molecule has 0 saturated carbocycles. The van der Waals surface area contributed by atoms with Crippen LogP contribution < -0.4 is 0 Å². The van der Waals surface area contributed by atoms with E-state index in [0.717, 1.165) is 11.1 Å². The van der Waals surface area contributed by atoms with Gasteiger partial charge in [-0.15, -0.1) is 0 Å². The van der Waals surface area contributed by atoms with Crippen LogP contribution in [0.3, 0.4) is 0 Å². The van der Waals surface area contributed by atoms with Crippen LogP contribution in [0, 0.1) is 83.1 Å². The summed E-state index contributed by atoms with van der Waals surface area (Å²) in [6, 6.07) is 50.4. The summed E-state index contributed by atoms with van der Waals surface area (Å²) in [5, 5.41) is 0. The molecule has 0 saturated heterocycles. The van der Waals surface area contributed by atoms with Gasteiger partial charge >= 0.3 is 0 Å². The number of aryl methyl sites for hydroxylation is 12. The van der Waals surface area contributed by atoms with E-state index in [1.54, 1.807) is 26.8 Å². The van der Waals surface area contributed by atoms with Gasteiger partial charge in [-0.25, -0.2) is 0 Å². The van der Waals surface area contributed by atoms with Gasteiger partial charge in [0.15, 0.2) is 11.6 Å². The van der Waals surface area contributed by atoms with Gasteiger partial charge in [-0.05, 0) is 194 Å². The topological polar surface area (TPSA) is 68.3 Å². The highest BCUT2D eigenvalue weighted by Crippen LogP contribution is 2.07. The summed E-state index contributed by atoms with van der Waals surface area (Å²) in [5.74, 6) is 0.441. The van der Waals surface area contributed by atoms with Gasteiger partial charge in [-0.2, -0.15) is 0 Å². The molecular weight excluding hydrogens is 869 g/mol. The third kappa shape index (κ3) is 40.0. The van der Waals surface area contributed by atoms with Gasteiger partial charge < -0.3 is 4.79 Å². The van der Waals surface area contributed by atoms with Crippen molar-refractivity contribution in [1.29, 1.82) is 0 Å². The number of allylic oxidation sites excluding steroid dienone is 4. The molecule has 6 aromatic rings. The molecule has 6 aromatic carbocycles. The molecule has 0 aliphatic carbocycles. The lowest BCUT2D eigenvalue weighted by atomic mass is 10.1. The van der Waals surface area contributed by atoms with Crippen molar-refractivity contribution in [1.82, 2.24) is 0 Å². The molecule has 384 valence electrons. The Kier molecular flexibility index (Phi) is 40.0. The number of rotatable bonds is 5. The van der Waals surface area contributed by atoms with Gasteiger partial charge in [0, 0.05) is 12.8 Å². The maximum Gasteiger partial charge on any atom is 0.155 e. The van der Waals surface area contributed by atoms with Gasteiger partial charge in [-0.1, -0.05) is 186 Å². The van der Waals surface area contributed by atoms with Crippen LogP contribution in [0.25, 0.3) is 0 Å². The maximum absolute atomic E-state index is 10.7. The van der Waals surface area contributed by atoms with E-state index in [2.05, 4.69) is 229 Å². The number of hydrogen-bond donors (Lipinski definition) is 0. The van der Waals surface area contributed by atoms with Crippen LogP contribution >= 0.6 is 0 Å². The molecule has 0 fully saturated rings. The van der Waals surface area contributed by atoms with E-state index in [4.69, 9.17) is 0 Å². The fourth-order valence-corrected chi connectivity index (χ4v) is 4.97. The van der Waals surface area contributed by atoms with Gasteiger partial charge in [0.1, 0.15) is 11.6 Å².